The van der Waals surface area contributed by atoms with Crippen LogP contribution < -0.4 is 0 Å². The van der Waals surface area contributed by atoms with E-state index in [4.69, 9.17) is 0 Å². The van der Waals surface area contributed by atoms with Gasteiger partial charge >= 0.3 is 0 Å². The first-order valence-electron chi connectivity index (χ1n) is 6.16. The van der Waals surface area contributed by atoms with Crippen molar-refractivity contribution in [3.8, 4) is 0 Å². The van der Waals surface area contributed by atoms with E-state index in [0.717, 1.165) is 25.7 Å². The van der Waals surface area contributed by atoms with Crippen LogP contribution in [-0.4, -0.2) is 34.0 Å². The molecule has 0 bridgehead atoms. The van der Waals surface area contributed by atoms with E-state index in [0.29, 0.717) is 25.7 Å². The lowest BCUT2D eigenvalue weighted by Gasteiger charge is -2.29. The second-order valence-corrected chi connectivity index (χ2v) is 5.01. The SMILES string of the molecule is O=C1CCCCC(=O)N1CC1(O)CCCC1. The van der Waals surface area contributed by atoms with Gasteiger partial charge in [0.15, 0.2) is 0 Å². The van der Waals surface area contributed by atoms with Crippen molar-refractivity contribution in [2.24, 2.45) is 0 Å². The summed E-state index contributed by atoms with van der Waals surface area (Å²) in [6.07, 6.45) is 5.89. The number of nitrogens with zero attached hydrogens (tertiary/aromatic N) is 1. The molecule has 1 N–H and O–H groups in total. The van der Waals surface area contributed by atoms with Gasteiger partial charge in [-0.15, -0.1) is 0 Å². The minimum Gasteiger partial charge on any atom is -0.388 e. The van der Waals surface area contributed by atoms with E-state index in [-0.39, 0.29) is 18.4 Å². The Morgan fingerprint density at radius 2 is 1.50 bits per heavy atom. The van der Waals surface area contributed by atoms with E-state index in [9.17, 15) is 14.7 Å². The third kappa shape index (κ3) is 2.43. The number of aliphatic hydroxyl groups is 1. The zero-order chi connectivity index (χ0) is 11.6. The molecule has 0 atom stereocenters. The molecule has 0 aromatic heterocycles. The summed E-state index contributed by atoms with van der Waals surface area (Å²) >= 11 is 0. The summed E-state index contributed by atoms with van der Waals surface area (Å²) in [6.45, 7) is 0.213. The molecular formula is C12H19NO3. The molecule has 4 heteroatoms. The van der Waals surface area contributed by atoms with Gasteiger partial charge in [-0.1, -0.05) is 12.8 Å². The van der Waals surface area contributed by atoms with E-state index in [1.807, 2.05) is 0 Å². The van der Waals surface area contributed by atoms with Crippen LogP contribution in [0.2, 0.25) is 0 Å². The van der Waals surface area contributed by atoms with Crippen molar-refractivity contribution >= 4 is 11.8 Å². The average Bonchev–Trinajstić information content (AvgIpc) is 2.61. The minimum atomic E-state index is -0.810. The van der Waals surface area contributed by atoms with Gasteiger partial charge in [-0.05, 0) is 25.7 Å². The fourth-order valence-electron chi connectivity index (χ4n) is 2.62. The molecule has 0 radical (unpaired) electrons. The third-order valence-electron chi connectivity index (χ3n) is 3.62. The molecule has 1 saturated heterocycles. The molecule has 0 aromatic carbocycles. The van der Waals surface area contributed by atoms with Crippen LogP contribution in [0.5, 0.6) is 0 Å². The number of likely N-dealkylation sites (tertiary alicyclic amines) is 1. The molecule has 16 heavy (non-hydrogen) atoms. The second-order valence-electron chi connectivity index (χ2n) is 5.01. The number of hydrogen-bond donors (Lipinski definition) is 1. The van der Waals surface area contributed by atoms with E-state index in [1.165, 1.54) is 4.90 Å². The predicted molar refractivity (Wildman–Crippen MR) is 58.6 cm³/mol. The van der Waals surface area contributed by atoms with Crippen molar-refractivity contribution in [1.82, 2.24) is 4.90 Å². The molecule has 90 valence electrons. The highest BCUT2D eigenvalue weighted by atomic mass is 16.3. The van der Waals surface area contributed by atoms with E-state index < -0.39 is 5.60 Å². The van der Waals surface area contributed by atoms with Gasteiger partial charge in [-0.25, -0.2) is 0 Å². The molecule has 1 aliphatic carbocycles. The zero-order valence-electron chi connectivity index (χ0n) is 9.57. The molecule has 1 heterocycles. The van der Waals surface area contributed by atoms with Crippen LogP contribution in [0, 0.1) is 0 Å². The maximum atomic E-state index is 11.7. The summed E-state index contributed by atoms with van der Waals surface area (Å²) < 4.78 is 0. The molecule has 0 spiro atoms. The lowest BCUT2D eigenvalue weighted by molar-refractivity contribution is -0.147. The van der Waals surface area contributed by atoms with E-state index in [1.54, 1.807) is 0 Å². The van der Waals surface area contributed by atoms with Gasteiger partial charge < -0.3 is 5.11 Å². The fraction of sp³-hybridized carbons (Fsp3) is 0.833. The van der Waals surface area contributed by atoms with Gasteiger partial charge in [0.25, 0.3) is 0 Å². The van der Waals surface area contributed by atoms with Gasteiger partial charge in [0.2, 0.25) is 11.8 Å². The smallest absolute Gasteiger partial charge is 0.229 e. The lowest BCUT2D eigenvalue weighted by atomic mass is 10.0. The summed E-state index contributed by atoms with van der Waals surface area (Å²) in [5.41, 5.74) is -0.810. The lowest BCUT2D eigenvalue weighted by Crippen LogP contribution is -2.46. The molecule has 0 aromatic rings. The maximum Gasteiger partial charge on any atom is 0.229 e. The number of β-amino-alcohol motifs (C(OH)–C–C–N with tert-alkyl or cyclic N) is 1. The van der Waals surface area contributed by atoms with Crippen molar-refractivity contribution in [3.63, 3.8) is 0 Å². The Bertz CT molecular complexity index is 277. The molecule has 2 fully saturated rings. The highest BCUT2D eigenvalue weighted by molar-refractivity contribution is 5.96. The molecule has 4 nitrogen and oxygen atoms in total. The van der Waals surface area contributed by atoms with Crippen LogP contribution in [-0.2, 0) is 9.59 Å². The molecule has 2 amide bonds. The molecule has 1 aliphatic heterocycles. The van der Waals surface area contributed by atoms with Gasteiger partial charge in [0.05, 0.1) is 12.1 Å². The van der Waals surface area contributed by atoms with Crippen molar-refractivity contribution in [3.05, 3.63) is 0 Å². The summed E-state index contributed by atoms with van der Waals surface area (Å²) in [7, 11) is 0. The maximum absolute atomic E-state index is 11.7. The summed E-state index contributed by atoms with van der Waals surface area (Å²) in [6, 6.07) is 0. The number of rotatable bonds is 2. The minimum absolute atomic E-state index is 0.108. The monoisotopic (exact) mass is 225 g/mol. The number of hydrogen-bond acceptors (Lipinski definition) is 3. The van der Waals surface area contributed by atoms with Gasteiger partial charge in [0, 0.05) is 12.8 Å². The molecule has 2 rings (SSSR count). The fourth-order valence-corrected chi connectivity index (χ4v) is 2.62. The Labute approximate surface area is 95.6 Å². The highest BCUT2D eigenvalue weighted by Gasteiger charge is 2.37. The van der Waals surface area contributed by atoms with E-state index >= 15 is 0 Å². The highest BCUT2D eigenvalue weighted by Crippen LogP contribution is 2.31. The topological polar surface area (TPSA) is 57.6 Å². The van der Waals surface area contributed by atoms with Crippen LogP contribution >= 0.6 is 0 Å². The van der Waals surface area contributed by atoms with Crippen molar-refractivity contribution < 1.29 is 14.7 Å². The van der Waals surface area contributed by atoms with Crippen LogP contribution in [0.1, 0.15) is 51.4 Å². The number of carbonyl (C=O) groups is 2. The van der Waals surface area contributed by atoms with Crippen LogP contribution in [0.3, 0.4) is 0 Å². The Balaban J connectivity index is 2.05. The number of imide groups is 1. The van der Waals surface area contributed by atoms with Gasteiger partial charge in [-0.2, -0.15) is 0 Å². The van der Waals surface area contributed by atoms with Crippen molar-refractivity contribution in [2.75, 3.05) is 6.54 Å². The quantitative estimate of drug-likeness (QED) is 0.719. The third-order valence-corrected chi connectivity index (χ3v) is 3.62. The normalized spacial score (nSPS) is 25.9. The zero-order valence-corrected chi connectivity index (χ0v) is 9.57. The first-order valence-corrected chi connectivity index (χ1v) is 6.16. The molecule has 0 unspecified atom stereocenters. The number of carbonyl (C=O) groups excluding carboxylic acids is 2. The Kier molecular flexibility index (Phi) is 3.28. The Morgan fingerprint density at radius 3 is 2.00 bits per heavy atom. The molecule has 2 aliphatic rings. The van der Waals surface area contributed by atoms with Crippen molar-refractivity contribution in [1.29, 1.82) is 0 Å². The van der Waals surface area contributed by atoms with Crippen LogP contribution in [0.15, 0.2) is 0 Å². The predicted octanol–water partition coefficient (Wildman–Crippen LogP) is 1.22. The summed E-state index contributed by atoms with van der Waals surface area (Å²) in [5.74, 6) is -0.217. The second kappa shape index (κ2) is 4.53. The summed E-state index contributed by atoms with van der Waals surface area (Å²) in [5, 5.41) is 10.2. The summed E-state index contributed by atoms with van der Waals surface area (Å²) in [4.78, 5) is 24.8. The van der Waals surface area contributed by atoms with Crippen LogP contribution in [0.4, 0.5) is 0 Å². The Morgan fingerprint density at radius 1 is 1.00 bits per heavy atom. The average molecular weight is 225 g/mol. The first-order chi connectivity index (χ1) is 7.61. The number of amides is 2. The van der Waals surface area contributed by atoms with Gasteiger partial charge in [0.1, 0.15) is 0 Å². The molecule has 1 saturated carbocycles. The standard InChI is InChI=1S/C12H19NO3/c14-10-5-1-2-6-11(15)13(10)9-12(16)7-3-4-8-12/h16H,1-9H2. The largest absolute Gasteiger partial charge is 0.388 e. The van der Waals surface area contributed by atoms with Crippen LogP contribution in [0.25, 0.3) is 0 Å². The van der Waals surface area contributed by atoms with E-state index in [2.05, 4.69) is 0 Å². The Hall–Kier alpha value is -0.900. The molecular weight excluding hydrogens is 206 g/mol. The van der Waals surface area contributed by atoms with Gasteiger partial charge in [-0.3, -0.25) is 14.5 Å². The first kappa shape index (κ1) is 11.6. The van der Waals surface area contributed by atoms with Crippen molar-refractivity contribution in [2.45, 2.75) is 57.0 Å².